The van der Waals surface area contributed by atoms with Gasteiger partial charge in [0.25, 0.3) is 0 Å². The van der Waals surface area contributed by atoms with Gasteiger partial charge in [0, 0.05) is 7.05 Å². The van der Waals surface area contributed by atoms with Crippen molar-refractivity contribution in [3.05, 3.63) is 29.3 Å². The number of ether oxygens (including phenoxy) is 1. The molecular weight excluding hydrogens is 325 g/mol. The number of carbonyl (C=O) groups is 1. The minimum absolute atomic E-state index is 0.0112. The summed E-state index contributed by atoms with van der Waals surface area (Å²) in [7, 11) is 1.81. The van der Waals surface area contributed by atoms with E-state index in [1.807, 2.05) is 7.05 Å². The van der Waals surface area contributed by atoms with Crippen molar-refractivity contribution in [2.45, 2.75) is 33.3 Å². The fourth-order valence-corrected chi connectivity index (χ4v) is 2.06. The Balaban J connectivity index is 2.19. The Morgan fingerprint density at radius 1 is 1.48 bits per heavy atom. The van der Waals surface area contributed by atoms with Crippen LogP contribution < -0.4 is 10.8 Å². The lowest BCUT2D eigenvalue weighted by Gasteiger charge is -2.18. The van der Waals surface area contributed by atoms with E-state index in [2.05, 4.69) is 32.3 Å². The van der Waals surface area contributed by atoms with Gasteiger partial charge < -0.3 is 14.6 Å². The molecule has 0 aliphatic heterocycles. The molecule has 0 aliphatic rings. The van der Waals surface area contributed by atoms with Crippen LogP contribution in [0.3, 0.4) is 0 Å². The third-order valence-electron chi connectivity index (χ3n) is 3.25. The zero-order valence-electron chi connectivity index (χ0n) is 14.8. The standard InChI is InChI=1S/C17H20FN5O2/c1-11-21-15(22-18)13-9-12(20-10-14(13)23(11)5)7-6-8-19-16(24)25-17(2,3)4/h9-10H,8H2,1-5H3,(H,19,24). The van der Waals surface area contributed by atoms with Gasteiger partial charge in [-0.1, -0.05) is 15.6 Å². The lowest BCUT2D eigenvalue weighted by molar-refractivity contribution is 0.0535. The Labute approximate surface area is 144 Å². The van der Waals surface area contributed by atoms with E-state index in [1.165, 1.54) is 0 Å². The van der Waals surface area contributed by atoms with Gasteiger partial charge in [-0.05, 0) is 39.7 Å². The Hall–Kier alpha value is -2.95. The van der Waals surface area contributed by atoms with Crippen molar-refractivity contribution in [1.29, 1.82) is 0 Å². The molecule has 0 atom stereocenters. The summed E-state index contributed by atoms with van der Waals surface area (Å²) < 4.78 is 19.8. The molecule has 1 amide bonds. The van der Waals surface area contributed by atoms with Gasteiger partial charge in [-0.2, -0.15) is 0 Å². The summed E-state index contributed by atoms with van der Waals surface area (Å²) in [5.41, 5.74) is 0.544. The van der Waals surface area contributed by atoms with Crippen molar-refractivity contribution in [3.8, 4) is 11.8 Å². The van der Waals surface area contributed by atoms with E-state index in [0.717, 1.165) is 0 Å². The number of pyridine rings is 1. The molecule has 0 aliphatic carbocycles. The van der Waals surface area contributed by atoms with Gasteiger partial charge in [0.2, 0.25) is 0 Å². The van der Waals surface area contributed by atoms with E-state index in [1.54, 1.807) is 44.5 Å². The quantitative estimate of drug-likeness (QED) is 0.801. The molecule has 8 heteroatoms. The Kier molecular flexibility index (Phi) is 5.37. The highest BCUT2D eigenvalue weighted by molar-refractivity contribution is 5.78. The van der Waals surface area contributed by atoms with Crippen LogP contribution in [-0.4, -0.2) is 32.8 Å². The fraction of sp³-hybridized carbons (Fsp3) is 0.412. The van der Waals surface area contributed by atoms with E-state index < -0.39 is 11.7 Å². The normalized spacial score (nSPS) is 11.8. The molecule has 2 aromatic heterocycles. The number of nitrogens with zero attached hydrogens (tertiary/aromatic N) is 4. The highest BCUT2D eigenvalue weighted by Crippen LogP contribution is 2.10. The predicted molar refractivity (Wildman–Crippen MR) is 91.0 cm³/mol. The van der Waals surface area contributed by atoms with Gasteiger partial charge in [0.05, 0.1) is 23.6 Å². The van der Waals surface area contributed by atoms with Crippen molar-refractivity contribution >= 4 is 17.0 Å². The SMILES string of the molecule is Cc1nc(=NF)c2cc(C#CCNC(=O)OC(C)(C)C)ncc2n1C. The first-order chi connectivity index (χ1) is 11.7. The molecule has 0 fully saturated rings. The molecule has 7 nitrogen and oxygen atoms in total. The van der Waals surface area contributed by atoms with Gasteiger partial charge in [0.1, 0.15) is 17.1 Å². The molecule has 0 saturated carbocycles. The maximum absolute atomic E-state index is 12.9. The molecule has 1 N–H and O–H groups in total. The molecule has 0 unspecified atom stereocenters. The smallest absolute Gasteiger partial charge is 0.408 e. The zero-order valence-corrected chi connectivity index (χ0v) is 14.8. The Morgan fingerprint density at radius 2 is 2.20 bits per heavy atom. The maximum atomic E-state index is 12.9. The molecule has 25 heavy (non-hydrogen) atoms. The summed E-state index contributed by atoms with van der Waals surface area (Å²) in [6, 6.07) is 1.61. The van der Waals surface area contributed by atoms with Crippen LogP contribution in [-0.2, 0) is 11.8 Å². The number of carbonyl (C=O) groups excluding carboxylic acids is 1. The number of amides is 1. The summed E-state index contributed by atoms with van der Waals surface area (Å²) in [6.45, 7) is 7.20. The van der Waals surface area contributed by atoms with E-state index in [-0.39, 0.29) is 12.0 Å². The van der Waals surface area contributed by atoms with Crippen LogP contribution in [0.4, 0.5) is 9.28 Å². The maximum Gasteiger partial charge on any atom is 0.408 e. The minimum atomic E-state index is -0.565. The minimum Gasteiger partial charge on any atom is -0.444 e. The molecule has 0 radical (unpaired) electrons. The highest BCUT2D eigenvalue weighted by Gasteiger charge is 2.15. The van der Waals surface area contributed by atoms with Gasteiger partial charge in [-0.25, -0.2) is 14.8 Å². The molecule has 0 saturated heterocycles. The lowest BCUT2D eigenvalue weighted by atomic mass is 10.2. The molecule has 2 rings (SSSR count). The monoisotopic (exact) mass is 345 g/mol. The lowest BCUT2D eigenvalue weighted by Crippen LogP contribution is -2.32. The van der Waals surface area contributed by atoms with Crippen LogP contribution in [0.25, 0.3) is 10.9 Å². The van der Waals surface area contributed by atoms with Gasteiger partial charge in [-0.15, -0.1) is 0 Å². The Morgan fingerprint density at radius 3 is 2.84 bits per heavy atom. The van der Waals surface area contributed by atoms with E-state index in [9.17, 15) is 9.28 Å². The number of rotatable bonds is 1. The van der Waals surface area contributed by atoms with Crippen molar-refractivity contribution in [3.63, 3.8) is 0 Å². The third-order valence-corrected chi connectivity index (χ3v) is 3.25. The third kappa shape index (κ3) is 4.76. The van der Waals surface area contributed by atoms with Crippen molar-refractivity contribution in [2.75, 3.05) is 6.54 Å². The molecule has 0 bridgehead atoms. The first-order valence-corrected chi connectivity index (χ1v) is 7.65. The largest absolute Gasteiger partial charge is 0.444 e. The van der Waals surface area contributed by atoms with E-state index >= 15 is 0 Å². The summed E-state index contributed by atoms with van der Waals surface area (Å²) in [5.74, 6) is 6.20. The van der Waals surface area contributed by atoms with E-state index in [4.69, 9.17) is 4.74 Å². The van der Waals surface area contributed by atoms with Crippen LogP contribution in [0, 0.1) is 18.8 Å². The average molecular weight is 345 g/mol. The second-order valence-corrected chi connectivity index (χ2v) is 6.37. The molecule has 2 aromatic rings. The van der Waals surface area contributed by atoms with Crippen molar-refractivity contribution < 1.29 is 14.0 Å². The molecule has 0 aromatic carbocycles. The molecule has 2 heterocycles. The van der Waals surface area contributed by atoms with E-state index in [0.29, 0.717) is 22.4 Å². The summed E-state index contributed by atoms with van der Waals surface area (Å²) in [5, 5.41) is 5.76. The molecule has 132 valence electrons. The molecule has 0 spiro atoms. The number of alkyl carbamates (subject to hydrolysis) is 1. The predicted octanol–water partition coefficient (Wildman–Crippen LogP) is 1.94. The summed E-state index contributed by atoms with van der Waals surface area (Å²) in [6.07, 6.45) is 1.04. The Bertz CT molecular complexity index is 932. The zero-order chi connectivity index (χ0) is 18.6. The number of halogens is 1. The highest BCUT2D eigenvalue weighted by atomic mass is 19.2. The van der Waals surface area contributed by atoms with Crippen LogP contribution in [0.1, 0.15) is 32.3 Å². The van der Waals surface area contributed by atoms with Gasteiger partial charge >= 0.3 is 6.09 Å². The number of aryl methyl sites for hydroxylation is 2. The average Bonchev–Trinajstić information content (AvgIpc) is 2.53. The second-order valence-electron chi connectivity index (χ2n) is 6.37. The number of hydrogen-bond acceptors (Lipinski definition) is 5. The van der Waals surface area contributed by atoms with Crippen LogP contribution in [0.15, 0.2) is 17.5 Å². The van der Waals surface area contributed by atoms with Crippen LogP contribution in [0.2, 0.25) is 0 Å². The fourth-order valence-electron chi connectivity index (χ4n) is 2.06. The summed E-state index contributed by atoms with van der Waals surface area (Å²) in [4.78, 5) is 19.8. The second kappa shape index (κ2) is 7.30. The number of nitrogens with one attached hydrogen (secondary N) is 1. The molecular formula is C17H20FN5O2. The number of aromatic nitrogens is 3. The van der Waals surface area contributed by atoms with Crippen LogP contribution >= 0.6 is 0 Å². The van der Waals surface area contributed by atoms with Crippen molar-refractivity contribution in [1.82, 2.24) is 19.9 Å². The first-order valence-electron chi connectivity index (χ1n) is 7.65. The number of hydrogen-bond donors (Lipinski definition) is 1. The number of fused-ring (bicyclic) bond motifs is 1. The van der Waals surface area contributed by atoms with Gasteiger partial charge in [-0.3, -0.25) is 0 Å². The summed E-state index contributed by atoms with van der Waals surface area (Å²) >= 11 is 0. The van der Waals surface area contributed by atoms with Crippen LogP contribution in [0.5, 0.6) is 0 Å². The van der Waals surface area contributed by atoms with Crippen molar-refractivity contribution in [2.24, 2.45) is 12.3 Å². The topological polar surface area (TPSA) is 81.4 Å². The van der Waals surface area contributed by atoms with Gasteiger partial charge in [0.15, 0.2) is 5.49 Å². The first kappa shape index (κ1) is 18.4.